The zero-order valence-corrected chi connectivity index (χ0v) is 14.6. The van der Waals surface area contributed by atoms with Gasteiger partial charge in [0.2, 0.25) is 0 Å². The lowest BCUT2D eigenvalue weighted by Gasteiger charge is -2.06. The number of para-hydroxylation sites is 1. The van der Waals surface area contributed by atoms with E-state index in [0.717, 1.165) is 16.5 Å². The summed E-state index contributed by atoms with van der Waals surface area (Å²) in [5, 5.41) is 3.73. The minimum absolute atomic E-state index is 0.0316. The topological polar surface area (TPSA) is 79.0 Å². The van der Waals surface area contributed by atoms with Crippen molar-refractivity contribution in [2.24, 2.45) is 0 Å². The quantitative estimate of drug-likeness (QED) is 0.639. The van der Waals surface area contributed by atoms with Gasteiger partial charge in [-0.1, -0.05) is 48.5 Å². The van der Waals surface area contributed by atoms with E-state index < -0.39 is 9.84 Å². The van der Waals surface area contributed by atoms with Gasteiger partial charge in [0, 0.05) is 17.4 Å². The molecule has 0 atom stereocenters. The van der Waals surface area contributed by atoms with Gasteiger partial charge in [-0.15, -0.1) is 0 Å². The highest BCUT2D eigenvalue weighted by Gasteiger charge is 2.13. The van der Waals surface area contributed by atoms with Gasteiger partial charge >= 0.3 is 0 Å². The second kappa shape index (κ2) is 7.53. The molecule has 0 aliphatic rings. The first-order chi connectivity index (χ1) is 12.0. The maximum absolute atomic E-state index is 12.1. The van der Waals surface area contributed by atoms with Gasteiger partial charge in [0.1, 0.15) is 5.69 Å². The maximum atomic E-state index is 12.1. The lowest BCUT2D eigenvalue weighted by atomic mass is 10.2. The number of carbonyl (C=O) groups is 1. The normalized spacial score (nSPS) is 11.5. The van der Waals surface area contributed by atoms with E-state index in [0.29, 0.717) is 18.7 Å². The van der Waals surface area contributed by atoms with E-state index in [2.05, 4.69) is 10.3 Å². The smallest absolute Gasteiger partial charge is 0.267 e. The highest BCUT2D eigenvalue weighted by Crippen LogP contribution is 2.14. The number of aromatic nitrogens is 1. The standard InChI is InChI=1S/C19H20N2O3S/c22-19(18-13-16-9-4-5-10-17(16)21-18)20-11-6-12-25(23,24)14-15-7-2-1-3-8-15/h1-5,7-10,13,21H,6,11-12,14H2,(H,20,22). The van der Waals surface area contributed by atoms with Gasteiger partial charge in [0.25, 0.3) is 5.91 Å². The van der Waals surface area contributed by atoms with Crippen molar-refractivity contribution in [3.8, 4) is 0 Å². The van der Waals surface area contributed by atoms with Crippen LogP contribution in [0.2, 0.25) is 0 Å². The lowest BCUT2D eigenvalue weighted by molar-refractivity contribution is 0.0949. The molecule has 0 aliphatic carbocycles. The van der Waals surface area contributed by atoms with Crippen LogP contribution in [0.3, 0.4) is 0 Å². The Kier molecular flexibility index (Phi) is 5.19. The maximum Gasteiger partial charge on any atom is 0.267 e. The Hall–Kier alpha value is -2.60. The summed E-state index contributed by atoms with van der Waals surface area (Å²) in [6.07, 6.45) is 0.390. The van der Waals surface area contributed by atoms with Crippen LogP contribution < -0.4 is 5.32 Å². The number of rotatable bonds is 7. The minimum atomic E-state index is -3.18. The Labute approximate surface area is 147 Å². The van der Waals surface area contributed by atoms with Crippen LogP contribution in [0.25, 0.3) is 10.9 Å². The first-order valence-electron chi connectivity index (χ1n) is 8.14. The van der Waals surface area contributed by atoms with Crippen molar-refractivity contribution in [3.63, 3.8) is 0 Å². The molecular weight excluding hydrogens is 336 g/mol. The number of aromatic amines is 1. The molecule has 1 aromatic heterocycles. The van der Waals surface area contributed by atoms with Crippen molar-refractivity contribution < 1.29 is 13.2 Å². The third kappa shape index (κ3) is 4.70. The summed E-state index contributed by atoms with van der Waals surface area (Å²) in [6, 6.07) is 18.5. The second-order valence-corrected chi connectivity index (χ2v) is 8.14. The van der Waals surface area contributed by atoms with Crippen molar-refractivity contribution in [2.45, 2.75) is 12.2 Å². The molecule has 0 fully saturated rings. The minimum Gasteiger partial charge on any atom is -0.351 e. The summed E-state index contributed by atoms with van der Waals surface area (Å²) in [6.45, 7) is 0.322. The summed E-state index contributed by atoms with van der Waals surface area (Å²) >= 11 is 0. The predicted octanol–water partition coefficient (Wildman–Crippen LogP) is 2.90. The van der Waals surface area contributed by atoms with Gasteiger partial charge in [-0.2, -0.15) is 0 Å². The zero-order valence-electron chi connectivity index (χ0n) is 13.7. The molecule has 1 amide bonds. The molecule has 5 nitrogen and oxygen atoms in total. The largest absolute Gasteiger partial charge is 0.351 e. The Morgan fingerprint density at radius 2 is 1.72 bits per heavy atom. The molecule has 3 rings (SSSR count). The molecular formula is C19H20N2O3S. The number of benzene rings is 2. The van der Waals surface area contributed by atoms with E-state index in [1.54, 1.807) is 18.2 Å². The van der Waals surface area contributed by atoms with Crippen LogP contribution in [0.4, 0.5) is 0 Å². The molecule has 0 unspecified atom stereocenters. The fourth-order valence-corrected chi connectivity index (χ4v) is 4.11. The van der Waals surface area contributed by atoms with Crippen LogP contribution in [0.1, 0.15) is 22.5 Å². The fraction of sp³-hybridized carbons (Fsp3) is 0.211. The van der Waals surface area contributed by atoms with Gasteiger partial charge in [-0.05, 0) is 24.1 Å². The number of H-pyrrole nitrogens is 1. The van der Waals surface area contributed by atoms with E-state index in [-0.39, 0.29) is 17.4 Å². The second-order valence-electron chi connectivity index (χ2n) is 5.96. The van der Waals surface area contributed by atoms with Gasteiger partial charge in [0.15, 0.2) is 9.84 Å². The first kappa shape index (κ1) is 17.2. The number of hydrogen-bond acceptors (Lipinski definition) is 3. The van der Waals surface area contributed by atoms with Gasteiger partial charge < -0.3 is 10.3 Å². The number of fused-ring (bicyclic) bond motifs is 1. The van der Waals surface area contributed by atoms with Crippen LogP contribution >= 0.6 is 0 Å². The molecule has 1 heterocycles. The Bertz CT molecular complexity index is 930. The van der Waals surface area contributed by atoms with E-state index in [9.17, 15) is 13.2 Å². The monoisotopic (exact) mass is 356 g/mol. The van der Waals surface area contributed by atoms with E-state index in [1.165, 1.54) is 0 Å². The molecule has 3 aromatic rings. The molecule has 0 spiro atoms. The van der Waals surface area contributed by atoms with E-state index >= 15 is 0 Å². The molecule has 130 valence electrons. The van der Waals surface area contributed by atoms with Crippen LogP contribution in [-0.4, -0.2) is 31.6 Å². The average molecular weight is 356 g/mol. The Balaban J connectivity index is 1.48. The zero-order chi connectivity index (χ0) is 17.7. The van der Waals surface area contributed by atoms with Crippen LogP contribution in [-0.2, 0) is 15.6 Å². The third-order valence-electron chi connectivity index (χ3n) is 3.92. The van der Waals surface area contributed by atoms with E-state index in [4.69, 9.17) is 0 Å². The molecule has 0 bridgehead atoms. The lowest BCUT2D eigenvalue weighted by Crippen LogP contribution is -2.26. The van der Waals surface area contributed by atoms with Crippen molar-refractivity contribution in [1.82, 2.24) is 10.3 Å². The Morgan fingerprint density at radius 1 is 1.00 bits per heavy atom. The van der Waals surface area contributed by atoms with Crippen molar-refractivity contribution in [1.29, 1.82) is 0 Å². The average Bonchev–Trinajstić information content (AvgIpc) is 3.03. The van der Waals surface area contributed by atoms with E-state index in [1.807, 2.05) is 42.5 Å². The number of hydrogen-bond donors (Lipinski definition) is 2. The summed E-state index contributed by atoms with van der Waals surface area (Å²) in [4.78, 5) is 15.2. The molecule has 2 N–H and O–H groups in total. The van der Waals surface area contributed by atoms with Crippen molar-refractivity contribution in [3.05, 3.63) is 71.9 Å². The van der Waals surface area contributed by atoms with Crippen molar-refractivity contribution in [2.75, 3.05) is 12.3 Å². The molecule has 25 heavy (non-hydrogen) atoms. The highest BCUT2D eigenvalue weighted by molar-refractivity contribution is 7.90. The molecule has 0 aliphatic heterocycles. The highest BCUT2D eigenvalue weighted by atomic mass is 32.2. The molecule has 6 heteroatoms. The van der Waals surface area contributed by atoms with Crippen molar-refractivity contribution >= 4 is 26.6 Å². The van der Waals surface area contributed by atoms with Crippen LogP contribution in [0.15, 0.2) is 60.7 Å². The summed E-state index contributed by atoms with van der Waals surface area (Å²) in [7, 11) is -3.18. The number of amides is 1. The summed E-state index contributed by atoms with van der Waals surface area (Å²) in [5.41, 5.74) is 2.16. The number of sulfone groups is 1. The molecule has 0 saturated heterocycles. The number of carbonyl (C=O) groups excluding carboxylic acids is 1. The third-order valence-corrected chi connectivity index (χ3v) is 5.61. The molecule has 0 saturated carbocycles. The SMILES string of the molecule is O=C(NCCCS(=O)(=O)Cc1ccccc1)c1cc2ccccc2[nH]1. The van der Waals surface area contributed by atoms with Gasteiger partial charge in [0.05, 0.1) is 11.5 Å². The van der Waals surface area contributed by atoms with Crippen LogP contribution in [0.5, 0.6) is 0 Å². The summed E-state index contributed by atoms with van der Waals surface area (Å²) < 4.78 is 24.2. The summed E-state index contributed by atoms with van der Waals surface area (Å²) in [5.74, 6) is -0.143. The fourth-order valence-electron chi connectivity index (χ4n) is 2.69. The first-order valence-corrected chi connectivity index (χ1v) is 9.96. The number of nitrogens with one attached hydrogen (secondary N) is 2. The predicted molar refractivity (Wildman–Crippen MR) is 99.2 cm³/mol. The Morgan fingerprint density at radius 3 is 2.48 bits per heavy atom. The van der Waals surface area contributed by atoms with Gasteiger partial charge in [-0.25, -0.2) is 8.42 Å². The van der Waals surface area contributed by atoms with Gasteiger partial charge in [-0.3, -0.25) is 4.79 Å². The molecule has 0 radical (unpaired) electrons. The van der Waals surface area contributed by atoms with Crippen LogP contribution in [0, 0.1) is 0 Å². The molecule has 2 aromatic carbocycles.